The van der Waals surface area contributed by atoms with Gasteiger partial charge in [0.2, 0.25) is 0 Å². The molecule has 1 heterocycles. The molecule has 1 unspecified atom stereocenters. The van der Waals surface area contributed by atoms with E-state index in [1.807, 2.05) is 43.3 Å². The molecule has 2 aromatic rings. The number of hydrogen-bond acceptors (Lipinski definition) is 2. The van der Waals surface area contributed by atoms with Gasteiger partial charge in [-0.3, -0.25) is 4.79 Å². The summed E-state index contributed by atoms with van der Waals surface area (Å²) in [5.74, 6) is -0.0351. The topological polar surface area (TPSA) is 29.1 Å². The normalized spacial score (nSPS) is 12.2. The number of thiophene rings is 1. The van der Waals surface area contributed by atoms with Crippen LogP contribution in [0.3, 0.4) is 0 Å². The zero-order valence-corrected chi connectivity index (χ0v) is 14.3. The lowest BCUT2D eigenvalue weighted by atomic mass is 10.1. The van der Waals surface area contributed by atoms with Crippen LogP contribution in [0.4, 0.5) is 0 Å². The maximum Gasteiger partial charge on any atom is 0.261 e. The molecular formula is C14H13Br2NOS. The monoisotopic (exact) mass is 401 g/mol. The molecule has 1 aromatic carbocycles. The summed E-state index contributed by atoms with van der Waals surface area (Å²) in [6.45, 7) is 1.98. The number of halogens is 2. The van der Waals surface area contributed by atoms with Crippen LogP contribution in [0.25, 0.3) is 0 Å². The van der Waals surface area contributed by atoms with Gasteiger partial charge in [0.05, 0.1) is 14.7 Å². The first-order chi connectivity index (χ1) is 9.11. The maximum absolute atomic E-state index is 12.2. The highest BCUT2D eigenvalue weighted by Gasteiger charge is 2.16. The molecule has 2 rings (SSSR count). The largest absolute Gasteiger partial charge is 0.344 e. The molecule has 0 bridgehead atoms. The summed E-state index contributed by atoms with van der Waals surface area (Å²) in [4.78, 5) is 12.9. The molecule has 100 valence electrons. The van der Waals surface area contributed by atoms with Crippen LogP contribution in [0.15, 0.2) is 40.2 Å². The SMILES string of the molecule is Cc1cc(C(=O)NC(CBr)c2ccccc2)sc1Br. The number of nitrogens with one attached hydrogen (secondary N) is 1. The highest BCUT2D eigenvalue weighted by Crippen LogP contribution is 2.27. The fourth-order valence-electron chi connectivity index (χ4n) is 1.70. The lowest BCUT2D eigenvalue weighted by molar-refractivity contribution is 0.0945. The number of rotatable bonds is 4. The number of benzene rings is 1. The average Bonchev–Trinajstić information content (AvgIpc) is 2.77. The van der Waals surface area contributed by atoms with Crippen molar-refractivity contribution in [2.75, 3.05) is 5.33 Å². The van der Waals surface area contributed by atoms with Crippen molar-refractivity contribution >= 4 is 49.1 Å². The van der Waals surface area contributed by atoms with E-state index in [-0.39, 0.29) is 11.9 Å². The molecule has 0 aliphatic carbocycles. The number of carbonyl (C=O) groups is 1. The van der Waals surface area contributed by atoms with E-state index >= 15 is 0 Å². The minimum atomic E-state index is -0.0351. The second-order valence-electron chi connectivity index (χ2n) is 4.16. The van der Waals surface area contributed by atoms with Crippen LogP contribution in [0.5, 0.6) is 0 Å². The highest BCUT2D eigenvalue weighted by molar-refractivity contribution is 9.11. The highest BCUT2D eigenvalue weighted by atomic mass is 79.9. The quantitative estimate of drug-likeness (QED) is 0.738. The lowest BCUT2D eigenvalue weighted by Crippen LogP contribution is -2.28. The summed E-state index contributed by atoms with van der Waals surface area (Å²) >= 11 is 8.35. The van der Waals surface area contributed by atoms with Gasteiger partial charge < -0.3 is 5.32 Å². The van der Waals surface area contributed by atoms with E-state index in [1.54, 1.807) is 0 Å². The fraction of sp³-hybridized carbons (Fsp3) is 0.214. The Morgan fingerprint density at radius 2 is 2.05 bits per heavy atom. The summed E-state index contributed by atoms with van der Waals surface area (Å²) in [6, 6.07) is 11.8. The molecular weight excluding hydrogens is 390 g/mol. The van der Waals surface area contributed by atoms with Crippen molar-refractivity contribution in [2.45, 2.75) is 13.0 Å². The van der Waals surface area contributed by atoms with E-state index in [9.17, 15) is 4.79 Å². The fourth-order valence-corrected chi connectivity index (χ4v) is 3.67. The first kappa shape index (κ1) is 14.8. The first-order valence-electron chi connectivity index (χ1n) is 5.79. The molecule has 1 aromatic heterocycles. The van der Waals surface area contributed by atoms with E-state index in [0.717, 1.165) is 19.8 Å². The second-order valence-corrected chi connectivity index (χ2v) is 7.18. The number of amides is 1. The molecule has 0 aliphatic heterocycles. The summed E-state index contributed by atoms with van der Waals surface area (Å²) < 4.78 is 1.01. The van der Waals surface area contributed by atoms with Gasteiger partial charge in [-0.15, -0.1) is 11.3 Å². The minimum Gasteiger partial charge on any atom is -0.344 e. The first-order valence-corrected chi connectivity index (χ1v) is 8.52. The van der Waals surface area contributed by atoms with Crippen molar-refractivity contribution in [1.82, 2.24) is 5.32 Å². The minimum absolute atomic E-state index is 0.0186. The molecule has 0 radical (unpaired) electrons. The summed E-state index contributed by atoms with van der Waals surface area (Å²) in [7, 11) is 0. The van der Waals surface area contributed by atoms with Gasteiger partial charge in [0.25, 0.3) is 5.91 Å². The summed E-state index contributed by atoms with van der Waals surface area (Å²) in [5.41, 5.74) is 2.19. The molecule has 0 spiro atoms. The van der Waals surface area contributed by atoms with Crippen molar-refractivity contribution in [1.29, 1.82) is 0 Å². The average molecular weight is 403 g/mol. The van der Waals surface area contributed by atoms with Gasteiger partial charge in [-0.1, -0.05) is 46.3 Å². The Kier molecular flexibility index (Phi) is 5.19. The molecule has 0 saturated heterocycles. The summed E-state index contributed by atoms with van der Waals surface area (Å²) in [6.07, 6.45) is 0. The van der Waals surface area contributed by atoms with E-state index in [1.165, 1.54) is 11.3 Å². The zero-order valence-electron chi connectivity index (χ0n) is 10.3. The smallest absolute Gasteiger partial charge is 0.261 e. The van der Waals surface area contributed by atoms with Gasteiger partial charge in [0.15, 0.2) is 0 Å². The molecule has 1 N–H and O–H groups in total. The lowest BCUT2D eigenvalue weighted by Gasteiger charge is -2.16. The number of carbonyl (C=O) groups excluding carboxylic acids is 1. The standard InChI is InChI=1S/C14H13Br2NOS/c1-9-7-12(19-13(9)16)14(18)17-11(8-15)10-5-3-2-4-6-10/h2-7,11H,8H2,1H3,(H,17,18). The predicted molar refractivity (Wildman–Crippen MR) is 87.2 cm³/mol. The van der Waals surface area contributed by atoms with E-state index in [4.69, 9.17) is 0 Å². The summed E-state index contributed by atoms with van der Waals surface area (Å²) in [5, 5.41) is 3.73. The van der Waals surface area contributed by atoms with E-state index in [0.29, 0.717) is 5.33 Å². The third kappa shape index (κ3) is 3.68. The Hall–Kier alpha value is -0.650. The second kappa shape index (κ2) is 6.68. The van der Waals surface area contributed by atoms with Crippen LogP contribution in [0, 0.1) is 6.92 Å². The molecule has 1 atom stereocenters. The van der Waals surface area contributed by atoms with Gasteiger partial charge in [0.1, 0.15) is 0 Å². The van der Waals surface area contributed by atoms with Gasteiger partial charge in [0, 0.05) is 5.33 Å². The van der Waals surface area contributed by atoms with Gasteiger partial charge in [-0.25, -0.2) is 0 Å². The number of alkyl halides is 1. The predicted octanol–water partition coefficient (Wildman–Crippen LogP) is 4.69. The number of hydrogen-bond donors (Lipinski definition) is 1. The van der Waals surface area contributed by atoms with E-state index in [2.05, 4.69) is 37.2 Å². The van der Waals surface area contributed by atoms with Crippen LogP contribution in [-0.4, -0.2) is 11.2 Å². The van der Waals surface area contributed by atoms with Crippen LogP contribution in [-0.2, 0) is 0 Å². The third-order valence-corrected chi connectivity index (χ3v) is 5.53. The maximum atomic E-state index is 12.2. The van der Waals surface area contributed by atoms with Crippen LogP contribution >= 0.6 is 43.2 Å². The zero-order chi connectivity index (χ0) is 13.8. The van der Waals surface area contributed by atoms with Crippen molar-refractivity contribution in [2.24, 2.45) is 0 Å². The Bertz CT molecular complexity index is 549. The molecule has 0 fully saturated rings. The Morgan fingerprint density at radius 1 is 1.37 bits per heavy atom. The van der Waals surface area contributed by atoms with Crippen molar-refractivity contribution in [3.63, 3.8) is 0 Å². The van der Waals surface area contributed by atoms with Crippen molar-refractivity contribution < 1.29 is 4.79 Å². The van der Waals surface area contributed by atoms with E-state index < -0.39 is 0 Å². The molecule has 1 amide bonds. The van der Waals surface area contributed by atoms with Crippen LogP contribution in [0.1, 0.15) is 26.8 Å². The van der Waals surface area contributed by atoms with Crippen LogP contribution in [0.2, 0.25) is 0 Å². The molecule has 0 saturated carbocycles. The third-order valence-electron chi connectivity index (χ3n) is 2.74. The Labute approximate surface area is 133 Å². The van der Waals surface area contributed by atoms with Gasteiger partial charge in [-0.2, -0.15) is 0 Å². The van der Waals surface area contributed by atoms with Gasteiger partial charge >= 0.3 is 0 Å². The molecule has 19 heavy (non-hydrogen) atoms. The van der Waals surface area contributed by atoms with Crippen LogP contribution < -0.4 is 5.32 Å². The Morgan fingerprint density at radius 3 is 2.58 bits per heavy atom. The Balaban J connectivity index is 2.13. The molecule has 0 aliphatic rings. The molecule has 2 nitrogen and oxygen atoms in total. The molecule has 5 heteroatoms. The van der Waals surface area contributed by atoms with Gasteiger partial charge in [-0.05, 0) is 40.0 Å². The van der Waals surface area contributed by atoms with Crippen molar-refractivity contribution in [3.05, 3.63) is 56.2 Å². The number of aryl methyl sites for hydroxylation is 1. The van der Waals surface area contributed by atoms with Crippen molar-refractivity contribution in [3.8, 4) is 0 Å².